The van der Waals surface area contributed by atoms with E-state index in [0.29, 0.717) is 0 Å². The van der Waals surface area contributed by atoms with Crippen LogP contribution < -0.4 is 0 Å². The summed E-state index contributed by atoms with van der Waals surface area (Å²) in [4.78, 5) is 21.0. The number of hydrogen-bond acceptors (Lipinski definition) is 4. The first-order chi connectivity index (χ1) is 10.6. The smallest absolute Gasteiger partial charge is 0.459 e. The van der Waals surface area contributed by atoms with Crippen LogP contribution in [0.4, 0.5) is 0 Å². The first-order valence-corrected chi connectivity index (χ1v) is 7.85. The molecule has 6 heteroatoms. The van der Waals surface area contributed by atoms with E-state index in [2.05, 4.69) is 0 Å². The van der Waals surface area contributed by atoms with E-state index in [-0.39, 0.29) is 13.0 Å². The van der Waals surface area contributed by atoms with Gasteiger partial charge in [-0.2, -0.15) is 0 Å². The summed E-state index contributed by atoms with van der Waals surface area (Å²) < 4.78 is 20.9. The molecule has 0 fully saturated rings. The zero-order valence-electron chi connectivity index (χ0n) is 11.8. The summed E-state index contributed by atoms with van der Waals surface area (Å²) in [5.41, 5.74) is 1.66. The van der Waals surface area contributed by atoms with E-state index >= 15 is 0 Å². The van der Waals surface area contributed by atoms with Crippen molar-refractivity contribution in [3.63, 3.8) is 0 Å². The number of ether oxygens (including phenoxy) is 1. The van der Waals surface area contributed by atoms with Crippen molar-refractivity contribution >= 4 is 14.2 Å². The minimum absolute atomic E-state index is 0.0938. The Morgan fingerprint density at radius 1 is 1.00 bits per heavy atom. The molecule has 114 valence electrons. The second-order valence-electron chi connectivity index (χ2n) is 4.61. The lowest BCUT2D eigenvalue weighted by atomic mass is 10.1. The Hall–Kier alpha value is -2.07. The molecule has 22 heavy (non-hydrogen) atoms. The first-order valence-electron chi connectivity index (χ1n) is 6.72. The van der Waals surface area contributed by atoms with E-state index in [1.54, 1.807) is 0 Å². The fourth-order valence-corrected chi connectivity index (χ4v) is 2.30. The number of rotatable bonds is 7. The number of carbonyl (C=O) groups excluding carboxylic acids is 1. The number of esters is 1. The molecule has 0 bridgehead atoms. The fourth-order valence-electron chi connectivity index (χ4n) is 1.92. The van der Waals surface area contributed by atoms with E-state index in [9.17, 15) is 9.36 Å². The molecular formula is C16H16O5P+. The topological polar surface area (TPSA) is 72.8 Å². The quantitative estimate of drug-likeness (QED) is 0.627. The predicted molar refractivity (Wildman–Crippen MR) is 81.1 cm³/mol. The average molecular weight is 319 g/mol. The first kappa shape index (κ1) is 16.3. The summed E-state index contributed by atoms with van der Waals surface area (Å²) >= 11 is 0. The zero-order valence-corrected chi connectivity index (χ0v) is 12.7. The highest BCUT2D eigenvalue weighted by Crippen LogP contribution is 2.22. The molecule has 1 N–H and O–H groups in total. The predicted octanol–water partition coefficient (Wildman–Crippen LogP) is 3.01. The molecule has 0 aliphatic heterocycles. The highest BCUT2D eigenvalue weighted by Gasteiger charge is 2.31. The standard InChI is InChI=1S/C16H15O5P/c17-16(20-12-14-9-5-2-6-10-14)15(21-22(18)19)11-13-7-3-1-4-8-13/h1-10,15H,11-12H2/p+1. The van der Waals surface area contributed by atoms with Crippen LogP contribution in [0.25, 0.3) is 0 Å². The van der Waals surface area contributed by atoms with E-state index in [1.807, 2.05) is 60.7 Å². The number of hydrogen-bond donors (Lipinski definition) is 1. The summed E-state index contributed by atoms with van der Waals surface area (Å²) in [5.74, 6) is -0.662. The molecule has 0 aliphatic carbocycles. The number of carbonyl (C=O) groups is 1. The molecule has 0 saturated heterocycles. The van der Waals surface area contributed by atoms with Gasteiger partial charge in [-0.15, -0.1) is 9.42 Å². The van der Waals surface area contributed by atoms with Crippen LogP contribution in [0.15, 0.2) is 60.7 Å². The Labute approximate surface area is 129 Å². The van der Waals surface area contributed by atoms with Gasteiger partial charge in [0.05, 0.1) is 0 Å². The van der Waals surface area contributed by atoms with Gasteiger partial charge in [-0.05, 0) is 11.1 Å². The van der Waals surface area contributed by atoms with Crippen molar-refractivity contribution in [2.75, 3.05) is 0 Å². The summed E-state index contributed by atoms with van der Waals surface area (Å²) in [6.45, 7) is 0.0938. The molecule has 2 unspecified atom stereocenters. The summed E-state index contributed by atoms with van der Waals surface area (Å²) in [6, 6.07) is 18.3. The van der Waals surface area contributed by atoms with Gasteiger partial charge in [0.25, 0.3) is 0 Å². The number of benzene rings is 2. The maximum atomic E-state index is 12.1. The van der Waals surface area contributed by atoms with Crippen LogP contribution in [0.1, 0.15) is 11.1 Å². The largest absolute Gasteiger partial charge is 0.695 e. The molecule has 0 saturated carbocycles. The summed E-state index contributed by atoms with van der Waals surface area (Å²) in [5, 5.41) is 0. The Balaban J connectivity index is 1.98. The van der Waals surface area contributed by atoms with Crippen LogP contribution in [0.3, 0.4) is 0 Å². The lowest BCUT2D eigenvalue weighted by molar-refractivity contribution is -0.153. The second-order valence-corrected chi connectivity index (χ2v) is 5.30. The molecule has 0 spiro atoms. The van der Waals surface area contributed by atoms with Gasteiger partial charge in [-0.25, -0.2) is 4.79 Å². The highest BCUT2D eigenvalue weighted by atomic mass is 31.1. The van der Waals surface area contributed by atoms with Gasteiger partial charge in [-0.3, -0.25) is 0 Å². The molecule has 0 heterocycles. The Bertz CT molecular complexity index is 615. The van der Waals surface area contributed by atoms with Crippen molar-refractivity contribution in [2.24, 2.45) is 0 Å². The monoisotopic (exact) mass is 319 g/mol. The van der Waals surface area contributed by atoms with Crippen molar-refractivity contribution in [1.82, 2.24) is 0 Å². The summed E-state index contributed by atoms with van der Waals surface area (Å²) in [6.07, 6.45) is -0.935. The van der Waals surface area contributed by atoms with Gasteiger partial charge in [0.1, 0.15) is 6.61 Å². The van der Waals surface area contributed by atoms with Crippen molar-refractivity contribution in [3.05, 3.63) is 71.8 Å². The molecule has 2 atom stereocenters. The van der Waals surface area contributed by atoms with Crippen molar-refractivity contribution < 1.29 is 23.5 Å². The Morgan fingerprint density at radius 3 is 2.09 bits per heavy atom. The molecule has 2 rings (SSSR count). The molecule has 0 aliphatic rings. The van der Waals surface area contributed by atoms with Gasteiger partial charge >= 0.3 is 14.2 Å². The minimum Gasteiger partial charge on any atom is -0.459 e. The fraction of sp³-hybridized carbons (Fsp3) is 0.188. The minimum atomic E-state index is -2.88. The normalized spacial score (nSPS) is 12.5. The lowest BCUT2D eigenvalue weighted by Crippen LogP contribution is -2.26. The third kappa shape index (κ3) is 5.37. The van der Waals surface area contributed by atoms with Gasteiger partial charge in [0.2, 0.25) is 6.10 Å². The van der Waals surface area contributed by atoms with Crippen LogP contribution in [0.2, 0.25) is 0 Å². The molecule has 5 nitrogen and oxygen atoms in total. The third-order valence-electron chi connectivity index (χ3n) is 2.97. The van der Waals surface area contributed by atoms with E-state index in [1.165, 1.54) is 0 Å². The van der Waals surface area contributed by atoms with Crippen LogP contribution in [0, 0.1) is 0 Å². The molecule has 2 aromatic carbocycles. The maximum Gasteiger partial charge on any atom is 0.695 e. The van der Waals surface area contributed by atoms with Crippen molar-refractivity contribution in [1.29, 1.82) is 0 Å². The molecule has 0 aromatic heterocycles. The Morgan fingerprint density at radius 2 is 1.55 bits per heavy atom. The second kappa shape index (κ2) is 8.39. The zero-order chi connectivity index (χ0) is 15.8. The van der Waals surface area contributed by atoms with Gasteiger partial charge < -0.3 is 4.74 Å². The van der Waals surface area contributed by atoms with Crippen LogP contribution >= 0.6 is 8.25 Å². The van der Waals surface area contributed by atoms with Gasteiger partial charge in [0, 0.05) is 11.0 Å². The molecule has 2 aromatic rings. The van der Waals surface area contributed by atoms with E-state index in [0.717, 1.165) is 11.1 Å². The Kier molecular flexibility index (Phi) is 6.22. The molecular weight excluding hydrogens is 303 g/mol. The van der Waals surface area contributed by atoms with Crippen LogP contribution in [-0.2, 0) is 31.6 Å². The van der Waals surface area contributed by atoms with E-state index in [4.69, 9.17) is 14.2 Å². The molecule has 0 amide bonds. The van der Waals surface area contributed by atoms with Gasteiger partial charge in [0.15, 0.2) is 0 Å². The maximum absolute atomic E-state index is 12.1. The highest BCUT2D eigenvalue weighted by molar-refractivity contribution is 7.32. The van der Waals surface area contributed by atoms with Crippen LogP contribution in [-0.4, -0.2) is 17.0 Å². The third-order valence-corrected chi connectivity index (χ3v) is 3.40. The molecule has 0 radical (unpaired) electrons. The van der Waals surface area contributed by atoms with E-state index < -0.39 is 20.3 Å². The average Bonchev–Trinajstić information content (AvgIpc) is 2.53. The summed E-state index contributed by atoms with van der Waals surface area (Å²) in [7, 11) is -2.88. The van der Waals surface area contributed by atoms with Gasteiger partial charge in [-0.1, -0.05) is 60.7 Å². The van der Waals surface area contributed by atoms with Crippen LogP contribution in [0.5, 0.6) is 0 Å². The SMILES string of the molecule is O=C(OCc1ccccc1)C(Cc1ccccc1)O[P+](=O)O. The van der Waals surface area contributed by atoms with Crippen molar-refractivity contribution in [3.8, 4) is 0 Å². The van der Waals surface area contributed by atoms with Crippen molar-refractivity contribution in [2.45, 2.75) is 19.1 Å². The lowest BCUT2D eigenvalue weighted by Gasteiger charge is -2.11.